The van der Waals surface area contributed by atoms with Gasteiger partial charge in [-0.2, -0.15) is 0 Å². The molecule has 198 valence electrons. The molecule has 36 heavy (non-hydrogen) atoms. The Morgan fingerprint density at radius 3 is 2.61 bits per heavy atom. The third-order valence-corrected chi connectivity index (χ3v) is 7.44. The quantitative estimate of drug-likeness (QED) is 0.499. The lowest BCUT2D eigenvalue weighted by atomic mass is 9.90. The average Bonchev–Trinajstić information content (AvgIpc) is 3.39. The molecule has 2 aliphatic rings. The van der Waals surface area contributed by atoms with Crippen LogP contribution in [0.4, 0.5) is 0 Å². The molecule has 0 aromatic heterocycles. The largest absolute Gasteiger partial charge is 0.492 e. The minimum atomic E-state index is -1.11. The molecule has 1 saturated carbocycles. The second-order valence-corrected chi connectivity index (χ2v) is 9.70. The number of aliphatic hydroxyl groups excluding tert-OH is 1. The fraction of sp³-hybridized carbons (Fsp3) is 0.593. The first-order chi connectivity index (χ1) is 17.3. The number of carbonyl (C=O) groups excluding carboxylic acids is 3. The molecule has 1 aromatic rings. The van der Waals surface area contributed by atoms with E-state index in [9.17, 15) is 19.5 Å². The zero-order valence-electron chi connectivity index (χ0n) is 21.6. The molecule has 2 unspecified atom stereocenters. The van der Waals surface area contributed by atoms with Crippen molar-refractivity contribution in [2.75, 3.05) is 33.4 Å². The molecule has 9 heteroatoms. The number of hydrogen-bond acceptors (Lipinski definition) is 6. The van der Waals surface area contributed by atoms with Gasteiger partial charge in [-0.25, -0.2) is 0 Å². The maximum Gasteiger partial charge on any atom is 0.246 e. The van der Waals surface area contributed by atoms with E-state index in [0.717, 1.165) is 24.8 Å². The summed E-state index contributed by atoms with van der Waals surface area (Å²) < 4.78 is 6.00. The van der Waals surface area contributed by atoms with E-state index in [1.165, 1.54) is 0 Å². The fourth-order valence-corrected chi connectivity index (χ4v) is 4.94. The van der Waals surface area contributed by atoms with Gasteiger partial charge in [-0.3, -0.25) is 14.4 Å². The van der Waals surface area contributed by atoms with E-state index in [2.05, 4.69) is 16.0 Å². The van der Waals surface area contributed by atoms with E-state index >= 15 is 0 Å². The number of benzene rings is 1. The molecule has 0 saturated heterocycles. The second kappa shape index (κ2) is 12.9. The summed E-state index contributed by atoms with van der Waals surface area (Å²) in [7, 11) is 1.67. The van der Waals surface area contributed by atoms with Crippen molar-refractivity contribution in [3.8, 4) is 5.75 Å². The molecular weight excluding hydrogens is 460 g/mol. The van der Waals surface area contributed by atoms with Gasteiger partial charge in [-0.05, 0) is 24.8 Å². The summed E-state index contributed by atoms with van der Waals surface area (Å²) in [6, 6.07) is 5.99. The van der Waals surface area contributed by atoms with Crippen LogP contribution < -0.4 is 20.7 Å². The van der Waals surface area contributed by atoms with Crippen LogP contribution in [0.15, 0.2) is 30.3 Å². The number of nitrogens with zero attached hydrogens (tertiary/aromatic N) is 1. The number of aliphatic hydroxyl groups is 1. The predicted octanol–water partition coefficient (Wildman–Crippen LogP) is 1.46. The fourth-order valence-electron chi connectivity index (χ4n) is 4.94. The molecule has 1 heterocycles. The maximum atomic E-state index is 13.8. The molecule has 1 aromatic carbocycles. The molecule has 1 fully saturated rings. The highest BCUT2D eigenvalue weighted by Crippen LogP contribution is 2.36. The van der Waals surface area contributed by atoms with E-state index in [4.69, 9.17) is 4.74 Å². The van der Waals surface area contributed by atoms with Crippen LogP contribution in [0.1, 0.15) is 51.5 Å². The minimum absolute atomic E-state index is 0.0400. The topological polar surface area (TPSA) is 120 Å². The Morgan fingerprint density at radius 2 is 1.92 bits per heavy atom. The molecule has 9 nitrogen and oxygen atoms in total. The third-order valence-electron chi connectivity index (χ3n) is 7.44. The molecule has 0 bridgehead atoms. The summed E-state index contributed by atoms with van der Waals surface area (Å²) in [5.74, 6) is -0.296. The lowest BCUT2D eigenvalue weighted by Gasteiger charge is -2.41. The molecule has 1 aliphatic carbocycles. The van der Waals surface area contributed by atoms with E-state index < -0.39 is 36.0 Å². The standard InChI is InChI=1S/C27H40N4O5/c1-4-19(2)23-25(34)31(3)27(13-7-8-14-27)26(35)30-21(18-32)24(33)29-15-9-11-20-10-5-6-12-22(20)36-17-16-28-23/h5-6,9-12,19,21,23,28,32H,4,7-8,13-18H2,1-3H3,(H,29,33)(H,30,35)/b11-9-/t19?,21?,23-/m0/s1. The minimum Gasteiger partial charge on any atom is -0.492 e. The van der Waals surface area contributed by atoms with Gasteiger partial charge in [-0.15, -0.1) is 0 Å². The van der Waals surface area contributed by atoms with E-state index in [0.29, 0.717) is 31.7 Å². The predicted molar refractivity (Wildman–Crippen MR) is 138 cm³/mol. The monoisotopic (exact) mass is 500 g/mol. The van der Waals surface area contributed by atoms with E-state index in [1.807, 2.05) is 44.2 Å². The van der Waals surface area contributed by atoms with Crippen LogP contribution in [0.2, 0.25) is 0 Å². The van der Waals surface area contributed by atoms with E-state index in [-0.39, 0.29) is 18.4 Å². The van der Waals surface area contributed by atoms with Crippen LogP contribution in [0, 0.1) is 5.92 Å². The number of fused-ring (bicyclic) bond motifs is 1. The number of hydrogen-bond donors (Lipinski definition) is 4. The van der Waals surface area contributed by atoms with Gasteiger partial charge in [0, 0.05) is 25.7 Å². The molecule has 3 amide bonds. The van der Waals surface area contributed by atoms with E-state index in [1.54, 1.807) is 18.0 Å². The van der Waals surface area contributed by atoms with Crippen LogP contribution >= 0.6 is 0 Å². The summed E-state index contributed by atoms with van der Waals surface area (Å²) in [6.45, 7) is 4.57. The highest BCUT2D eigenvalue weighted by atomic mass is 16.5. The van der Waals surface area contributed by atoms with Gasteiger partial charge in [0.15, 0.2) is 0 Å². The van der Waals surface area contributed by atoms with Gasteiger partial charge in [0.2, 0.25) is 17.7 Å². The zero-order valence-corrected chi connectivity index (χ0v) is 21.6. The molecule has 3 atom stereocenters. The molecule has 1 spiro atoms. The molecule has 4 N–H and O–H groups in total. The normalized spacial score (nSPS) is 25.7. The Kier molecular flexibility index (Phi) is 9.89. The number of rotatable bonds is 3. The third kappa shape index (κ3) is 6.25. The number of nitrogens with one attached hydrogen (secondary N) is 3. The average molecular weight is 501 g/mol. The van der Waals surface area contributed by atoms with Gasteiger partial charge in [0.1, 0.15) is 23.9 Å². The van der Waals surface area contributed by atoms with Gasteiger partial charge >= 0.3 is 0 Å². The first-order valence-corrected chi connectivity index (χ1v) is 12.9. The van der Waals surface area contributed by atoms with Crippen LogP contribution in [0.5, 0.6) is 5.75 Å². The Hall–Kier alpha value is -2.91. The van der Waals surface area contributed by atoms with Crippen molar-refractivity contribution in [1.82, 2.24) is 20.9 Å². The first-order valence-electron chi connectivity index (χ1n) is 12.9. The highest BCUT2D eigenvalue weighted by Gasteiger charge is 2.49. The van der Waals surface area contributed by atoms with Crippen molar-refractivity contribution in [3.05, 3.63) is 35.9 Å². The van der Waals surface area contributed by atoms with Gasteiger partial charge < -0.3 is 30.7 Å². The molecule has 0 radical (unpaired) electrons. The van der Waals surface area contributed by atoms with Crippen LogP contribution in [0.3, 0.4) is 0 Å². The zero-order chi connectivity index (χ0) is 26.1. The smallest absolute Gasteiger partial charge is 0.246 e. The number of carbonyl (C=O) groups is 3. The number of para-hydroxylation sites is 1. The highest BCUT2D eigenvalue weighted by molar-refractivity contribution is 5.96. The summed E-state index contributed by atoms with van der Waals surface area (Å²) >= 11 is 0. The number of ether oxygens (including phenoxy) is 1. The van der Waals surface area contributed by atoms with Gasteiger partial charge in [0.25, 0.3) is 0 Å². The molecule has 1 aliphatic heterocycles. The van der Waals surface area contributed by atoms with Crippen molar-refractivity contribution >= 4 is 23.8 Å². The number of amides is 3. The summed E-state index contributed by atoms with van der Waals surface area (Å²) in [5.41, 5.74) is -0.198. The van der Waals surface area contributed by atoms with Crippen LogP contribution in [-0.2, 0) is 14.4 Å². The molecular formula is C27H40N4O5. The van der Waals surface area contributed by atoms with Crippen molar-refractivity contribution in [2.24, 2.45) is 5.92 Å². The maximum absolute atomic E-state index is 13.8. The SMILES string of the molecule is CCC(C)[C@@H]1NCCOc2ccccc2/C=C\CNC(=O)C(CO)NC(=O)C2(CCCC2)N(C)C1=O. The van der Waals surface area contributed by atoms with Crippen molar-refractivity contribution in [1.29, 1.82) is 0 Å². The van der Waals surface area contributed by atoms with Crippen LogP contribution in [0.25, 0.3) is 6.08 Å². The Bertz CT molecular complexity index is 944. The Balaban J connectivity index is 1.92. The first kappa shape index (κ1) is 27.7. The van der Waals surface area contributed by atoms with Gasteiger partial charge in [0.05, 0.1) is 12.6 Å². The van der Waals surface area contributed by atoms with Crippen molar-refractivity contribution in [2.45, 2.75) is 63.6 Å². The van der Waals surface area contributed by atoms with Crippen molar-refractivity contribution in [3.63, 3.8) is 0 Å². The lowest BCUT2D eigenvalue weighted by Crippen LogP contribution is -2.64. The summed E-state index contributed by atoms with van der Waals surface area (Å²) in [5, 5.41) is 18.7. The summed E-state index contributed by atoms with van der Waals surface area (Å²) in [6.07, 6.45) is 7.07. The molecule has 3 rings (SSSR count). The lowest BCUT2D eigenvalue weighted by molar-refractivity contribution is -0.149. The second-order valence-electron chi connectivity index (χ2n) is 9.70. The van der Waals surface area contributed by atoms with Crippen LogP contribution in [-0.4, -0.2) is 78.7 Å². The van der Waals surface area contributed by atoms with Gasteiger partial charge in [-0.1, -0.05) is 63.5 Å². The Morgan fingerprint density at radius 1 is 1.19 bits per heavy atom. The number of likely N-dealkylation sites (N-methyl/N-ethyl adjacent to an activating group) is 1. The van der Waals surface area contributed by atoms with Crippen molar-refractivity contribution < 1.29 is 24.2 Å². The summed E-state index contributed by atoms with van der Waals surface area (Å²) in [4.78, 5) is 41.6. The Labute approximate surface area is 213 Å².